The first-order valence-electron chi connectivity index (χ1n) is 5.92. The van der Waals surface area contributed by atoms with Gasteiger partial charge in [-0.25, -0.2) is 0 Å². The van der Waals surface area contributed by atoms with Gasteiger partial charge in [0, 0.05) is 18.3 Å². The summed E-state index contributed by atoms with van der Waals surface area (Å²) >= 11 is 0. The second kappa shape index (κ2) is 5.87. The van der Waals surface area contributed by atoms with Crippen LogP contribution in [0.1, 0.15) is 18.1 Å². The summed E-state index contributed by atoms with van der Waals surface area (Å²) < 4.78 is 7.52. The lowest BCUT2D eigenvalue weighted by molar-refractivity contribution is 0.306. The average molecular weight is 241 g/mol. The Bertz CT molecular complexity index is 537. The van der Waals surface area contributed by atoms with Gasteiger partial charge in [-0.15, -0.1) is 0 Å². The first-order chi connectivity index (χ1) is 8.81. The first-order valence-corrected chi connectivity index (χ1v) is 5.92. The lowest BCUT2D eigenvalue weighted by Crippen LogP contribution is -1.95. The van der Waals surface area contributed by atoms with E-state index in [1.807, 2.05) is 48.3 Å². The van der Waals surface area contributed by atoms with Crippen LogP contribution in [0.15, 0.2) is 36.7 Å². The molecule has 4 heteroatoms. The third kappa shape index (κ3) is 3.11. The molecule has 0 saturated carbocycles. The van der Waals surface area contributed by atoms with E-state index in [9.17, 15) is 0 Å². The number of hydrogen-bond donors (Lipinski definition) is 0. The van der Waals surface area contributed by atoms with Gasteiger partial charge in [-0.3, -0.25) is 4.68 Å². The van der Waals surface area contributed by atoms with Crippen molar-refractivity contribution in [2.45, 2.75) is 26.5 Å². The van der Waals surface area contributed by atoms with E-state index >= 15 is 0 Å². The molecule has 0 spiro atoms. The molecule has 2 aromatic rings. The van der Waals surface area contributed by atoms with Crippen molar-refractivity contribution in [3.05, 3.63) is 47.8 Å². The Morgan fingerprint density at radius 2 is 2.06 bits per heavy atom. The summed E-state index contributed by atoms with van der Waals surface area (Å²) in [5.41, 5.74) is 2.06. The Morgan fingerprint density at radius 1 is 1.28 bits per heavy atom. The van der Waals surface area contributed by atoms with Gasteiger partial charge in [0.15, 0.2) is 0 Å². The monoisotopic (exact) mass is 241 g/mol. The number of nitrogens with zero attached hydrogens (tertiary/aromatic N) is 3. The molecule has 0 bridgehead atoms. The van der Waals surface area contributed by atoms with Crippen molar-refractivity contribution in [3.63, 3.8) is 0 Å². The fraction of sp³-hybridized carbons (Fsp3) is 0.286. The Hall–Kier alpha value is -2.28. The standard InChI is InChI=1S/C14H15N3O/c1-2-17-10-13(9-16-17)11-18-14-5-3-12(4-6-14)7-8-15/h3-6,9-10H,2,7,11H2,1H3. The number of aryl methyl sites for hydroxylation is 1. The van der Waals surface area contributed by atoms with Crippen LogP contribution in [-0.4, -0.2) is 9.78 Å². The molecule has 1 heterocycles. The number of nitriles is 1. The Kier molecular flexibility index (Phi) is 3.98. The predicted octanol–water partition coefficient (Wildman–Crippen LogP) is 2.55. The molecule has 0 aliphatic rings. The van der Waals surface area contributed by atoms with Crippen LogP contribution in [0.3, 0.4) is 0 Å². The van der Waals surface area contributed by atoms with Gasteiger partial charge in [0.1, 0.15) is 12.4 Å². The lowest BCUT2D eigenvalue weighted by atomic mass is 10.2. The molecule has 1 aromatic heterocycles. The number of aromatic nitrogens is 2. The molecular weight excluding hydrogens is 226 g/mol. The molecule has 0 amide bonds. The molecule has 2 rings (SSSR count). The fourth-order valence-electron chi connectivity index (χ4n) is 1.62. The molecule has 18 heavy (non-hydrogen) atoms. The SMILES string of the molecule is CCn1cc(COc2ccc(CC#N)cc2)cn1. The molecule has 0 atom stereocenters. The maximum absolute atomic E-state index is 8.58. The summed E-state index contributed by atoms with van der Waals surface area (Å²) in [6.45, 7) is 3.42. The van der Waals surface area contributed by atoms with Crippen LogP contribution in [0.25, 0.3) is 0 Å². The number of benzene rings is 1. The highest BCUT2D eigenvalue weighted by Gasteiger charge is 1.99. The van der Waals surface area contributed by atoms with Gasteiger partial charge in [-0.2, -0.15) is 10.4 Å². The molecule has 0 aliphatic carbocycles. The van der Waals surface area contributed by atoms with Crippen molar-refractivity contribution in [3.8, 4) is 11.8 Å². The second-order valence-electron chi connectivity index (χ2n) is 3.97. The fourth-order valence-corrected chi connectivity index (χ4v) is 1.62. The molecule has 0 N–H and O–H groups in total. The molecule has 0 fully saturated rings. The van der Waals surface area contributed by atoms with Gasteiger partial charge >= 0.3 is 0 Å². The van der Waals surface area contributed by atoms with Crippen molar-refractivity contribution >= 4 is 0 Å². The highest BCUT2D eigenvalue weighted by atomic mass is 16.5. The summed E-state index contributed by atoms with van der Waals surface area (Å²) in [6, 6.07) is 9.71. The molecule has 0 aliphatic heterocycles. The maximum Gasteiger partial charge on any atom is 0.119 e. The first kappa shape index (κ1) is 12.2. The third-order valence-corrected chi connectivity index (χ3v) is 2.62. The van der Waals surface area contributed by atoms with Gasteiger partial charge in [0.25, 0.3) is 0 Å². The van der Waals surface area contributed by atoms with Crippen LogP contribution in [0.4, 0.5) is 0 Å². The van der Waals surface area contributed by atoms with Crippen molar-refractivity contribution in [2.75, 3.05) is 0 Å². The van der Waals surface area contributed by atoms with Gasteiger partial charge in [-0.05, 0) is 24.6 Å². The van der Waals surface area contributed by atoms with Crippen LogP contribution in [0.5, 0.6) is 5.75 Å². The summed E-state index contributed by atoms with van der Waals surface area (Å²) in [7, 11) is 0. The highest BCUT2D eigenvalue weighted by molar-refractivity contribution is 5.28. The third-order valence-electron chi connectivity index (χ3n) is 2.62. The molecule has 1 aromatic carbocycles. The van der Waals surface area contributed by atoms with Crippen molar-refractivity contribution in [1.29, 1.82) is 5.26 Å². The van der Waals surface area contributed by atoms with E-state index in [0.717, 1.165) is 23.4 Å². The summed E-state index contributed by atoms with van der Waals surface area (Å²) in [6.07, 6.45) is 4.22. The smallest absolute Gasteiger partial charge is 0.119 e. The highest BCUT2D eigenvalue weighted by Crippen LogP contribution is 2.14. The van der Waals surface area contributed by atoms with E-state index in [1.54, 1.807) is 0 Å². The van der Waals surface area contributed by atoms with Crippen LogP contribution in [-0.2, 0) is 19.6 Å². The van der Waals surface area contributed by atoms with E-state index in [-0.39, 0.29) is 0 Å². The molecule has 0 radical (unpaired) electrons. The van der Waals surface area contributed by atoms with Gasteiger partial charge in [-0.1, -0.05) is 12.1 Å². The normalized spacial score (nSPS) is 10.0. The maximum atomic E-state index is 8.58. The zero-order valence-corrected chi connectivity index (χ0v) is 10.3. The molecular formula is C14H15N3O. The van der Waals surface area contributed by atoms with Crippen LogP contribution in [0.2, 0.25) is 0 Å². The number of rotatable bonds is 5. The minimum Gasteiger partial charge on any atom is -0.489 e. The Morgan fingerprint density at radius 3 is 2.67 bits per heavy atom. The number of ether oxygens (including phenoxy) is 1. The van der Waals surface area contributed by atoms with E-state index < -0.39 is 0 Å². The topological polar surface area (TPSA) is 50.8 Å². The van der Waals surface area contributed by atoms with Gasteiger partial charge in [0.05, 0.1) is 18.7 Å². The van der Waals surface area contributed by atoms with E-state index in [2.05, 4.69) is 11.2 Å². The van der Waals surface area contributed by atoms with E-state index in [0.29, 0.717) is 13.0 Å². The molecule has 4 nitrogen and oxygen atoms in total. The minimum absolute atomic E-state index is 0.434. The second-order valence-corrected chi connectivity index (χ2v) is 3.97. The van der Waals surface area contributed by atoms with E-state index in [4.69, 9.17) is 10.00 Å². The van der Waals surface area contributed by atoms with Crippen molar-refractivity contribution in [2.24, 2.45) is 0 Å². The Labute approximate surface area is 106 Å². The summed E-state index contributed by atoms with van der Waals surface area (Å²) in [5.74, 6) is 0.806. The van der Waals surface area contributed by atoms with Crippen LogP contribution >= 0.6 is 0 Å². The van der Waals surface area contributed by atoms with Crippen LogP contribution < -0.4 is 4.74 Å². The lowest BCUT2D eigenvalue weighted by Gasteiger charge is -2.04. The molecule has 0 saturated heterocycles. The predicted molar refractivity (Wildman–Crippen MR) is 68.0 cm³/mol. The average Bonchev–Trinajstić information content (AvgIpc) is 2.86. The van der Waals surface area contributed by atoms with Crippen LogP contribution in [0, 0.1) is 11.3 Å². The largest absolute Gasteiger partial charge is 0.489 e. The van der Waals surface area contributed by atoms with Crippen molar-refractivity contribution in [1.82, 2.24) is 9.78 Å². The zero-order valence-electron chi connectivity index (χ0n) is 10.3. The summed E-state index contributed by atoms with van der Waals surface area (Å²) in [5, 5.41) is 12.8. The zero-order chi connectivity index (χ0) is 12.8. The van der Waals surface area contributed by atoms with E-state index in [1.165, 1.54) is 0 Å². The van der Waals surface area contributed by atoms with Gasteiger partial charge < -0.3 is 4.74 Å². The molecule has 92 valence electrons. The Balaban J connectivity index is 1.91. The number of hydrogen-bond acceptors (Lipinski definition) is 3. The molecule has 0 unspecified atom stereocenters. The van der Waals surface area contributed by atoms with Gasteiger partial charge in [0.2, 0.25) is 0 Å². The van der Waals surface area contributed by atoms with Crippen molar-refractivity contribution < 1.29 is 4.74 Å². The quantitative estimate of drug-likeness (QED) is 0.808. The summed E-state index contributed by atoms with van der Waals surface area (Å²) in [4.78, 5) is 0. The minimum atomic E-state index is 0.434.